The number of hydrogen-bond acceptors (Lipinski definition) is 8. The summed E-state index contributed by atoms with van der Waals surface area (Å²) in [6.45, 7) is 1.77. The molecule has 2 N–H and O–H groups in total. The Balaban J connectivity index is 1.34. The maximum atomic E-state index is 12.7. The number of nitrogens with two attached hydrogens (primary N) is 1. The largest absolute Gasteiger partial charge is 0.454 e. The lowest BCUT2D eigenvalue weighted by atomic mass is 10.1. The van der Waals surface area contributed by atoms with Gasteiger partial charge in [-0.05, 0) is 68.4 Å². The van der Waals surface area contributed by atoms with Crippen LogP contribution in [-0.2, 0) is 40.6 Å². The van der Waals surface area contributed by atoms with Crippen LogP contribution in [0.15, 0.2) is 18.2 Å². The van der Waals surface area contributed by atoms with Crippen LogP contribution in [0.2, 0.25) is 0 Å². The van der Waals surface area contributed by atoms with Gasteiger partial charge in [0, 0.05) is 10.9 Å². The Kier molecular flexibility index (Phi) is 5.52. The zero-order valence-electron chi connectivity index (χ0n) is 18.6. The predicted octanol–water partition coefficient (Wildman–Crippen LogP) is 3.61. The van der Waals surface area contributed by atoms with Gasteiger partial charge in [-0.1, -0.05) is 6.42 Å². The van der Waals surface area contributed by atoms with Gasteiger partial charge < -0.3 is 10.5 Å². The van der Waals surface area contributed by atoms with Crippen LogP contribution in [0.4, 0.5) is 11.5 Å². The van der Waals surface area contributed by atoms with Crippen molar-refractivity contribution in [3.05, 3.63) is 45.6 Å². The normalized spacial score (nSPS) is 18.1. The summed E-state index contributed by atoms with van der Waals surface area (Å²) in [4.78, 5) is 23.9. The van der Waals surface area contributed by atoms with E-state index in [-0.39, 0.29) is 12.6 Å². The van der Waals surface area contributed by atoms with Crippen molar-refractivity contribution in [3.8, 4) is 0 Å². The predicted molar refractivity (Wildman–Crippen MR) is 129 cm³/mol. The number of ether oxygens (including phenoxy) is 1. The molecule has 1 aromatic carbocycles. The van der Waals surface area contributed by atoms with Gasteiger partial charge in [0.15, 0.2) is 12.4 Å². The van der Waals surface area contributed by atoms with E-state index < -0.39 is 16.0 Å². The number of thiophene rings is 1. The van der Waals surface area contributed by atoms with Gasteiger partial charge in [-0.25, -0.2) is 23.2 Å². The Bertz CT molecular complexity index is 1370. The van der Waals surface area contributed by atoms with Gasteiger partial charge in [0.1, 0.15) is 10.6 Å². The van der Waals surface area contributed by atoms with Crippen LogP contribution in [0, 0.1) is 0 Å². The Hall–Kier alpha value is -2.72. The van der Waals surface area contributed by atoms with Crippen molar-refractivity contribution < 1.29 is 17.9 Å². The number of sulfonamides is 1. The van der Waals surface area contributed by atoms with Gasteiger partial charge in [0.25, 0.3) is 0 Å². The number of fused-ring (bicyclic) bond motifs is 4. The molecule has 0 amide bonds. The second-order valence-electron chi connectivity index (χ2n) is 8.80. The number of carbonyl (C=O) groups is 1. The van der Waals surface area contributed by atoms with Crippen molar-refractivity contribution in [1.29, 1.82) is 0 Å². The minimum Gasteiger partial charge on any atom is -0.454 e. The molecule has 5 rings (SSSR count). The Morgan fingerprint density at radius 2 is 2.03 bits per heavy atom. The summed E-state index contributed by atoms with van der Waals surface area (Å²) in [5.74, 6) is 0.313. The summed E-state index contributed by atoms with van der Waals surface area (Å²) in [6, 6.07) is 4.76. The summed E-state index contributed by atoms with van der Waals surface area (Å²) < 4.78 is 31.1. The molecule has 1 atom stereocenters. The molecule has 0 saturated heterocycles. The second kappa shape index (κ2) is 8.25. The number of nitrogen functional groups attached to an aromatic ring is 1. The van der Waals surface area contributed by atoms with Crippen molar-refractivity contribution >= 4 is 49.1 Å². The topological polar surface area (TPSA) is 115 Å². The van der Waals surface area contributed by atoms with Crippen molar-refractivity contribution in [1.82, 2.24) is 9.97 Å². The summed E-state index contributed by atoms with van der Waals surface area (Å²) in [5.41, 5.74) is 9.35. The first-order chi connectivity index (χ1) is 15.7. The third-order valence-electron chi connectivity index (χ3n) is 6.30. The van der Waals surface area contributed by atoms with Gasteiger partial charge in [-0.3, -0.25) is 4.31 Å². The fourth-order valence-corrected chi connectivity index (χ4v) is 7.47. The third kappa shape index (κ3) is 4.06. The average molecular weight is 487 g/mol. The molecule has 0 radical (unpaired) electrons. The number of rotatable bonds is 4. The highest BCUT2D eigenvalue weighted by Gasteiger charge is 2.33. The number of esters is 1. The number of benzene rings is 1. The molecule has 0 saturated carbocycles. The van der Waals surface area contributed by atoms with Gasteiger partial charge >= 0.3 is 5.97 Å². The molecule has 174 valence electrons. The Labute approximate surface area is 196 Å². The van der Waals surface area contributed by atoms with E-state index in [0.717, 1.165) is 35.0 Å². The lowest BCUT2D eigenvalue weighted by Crippen LogP contribution is -2.34. The quantitative estimate of drug-likeness (QED) is 0.442. The fraction of sp³-hybridized carbons (Fsp3) is 0.435. The van der Waals surface area contributed by atoms with E-state index in [2.05, 4.69) is 9.97 Å². The Morgan fingerprint density at radius 1 is 1.24 bits per heavy atom. The number of anilines is 2. The molecule has 3 aromatic rings. The Morgan fingerprint density at radius 3 is 2.82 bits per heavy atom. The first-order valence-electron chi connectivity index (χ1n) is 11.1. The molecule has 2 aliphatic rings. The van der Waals surface area contributed by atoms with Crippen molar-refractivity contribution in [3.63, 3.8) is 0 Å². The molecule has 0 bridgehead atoms. The van der Waals surface area contributed by atoms with Gasteiger partial charge in [0.2, 0.25) is 10.0 Å². The van der Waals surface area contributed by atoms with E-state index in [1.807, 2.05) is 6.92 Å². The minimum absolute atomic E-state index is 0.0789. The highest BCUT2D eigenvalue weighted by atomic mass is 32.2. The molecule has 2 aromatic heterocycles. The zero-order valence-corrected chi connectivity index (χ0v) is 20.3. The number of aromatic nitrogens is 2. The van der Waals surface area contributed by atoms with Crippen LogP contribution >= 0.6 is 11.3 Å². The maximum Gasteiger partial charge on any atom is 0.338 e. The third-order valence-corrected chi connectivity index (χ3v) is 8.75. The minimum atomic E-state index is -3.38. The number of nitrogens with zero attached hydrogens (tertiary/aromatic N) is 3. The highest BCUT2D eigenvalue weighted by Crippen LogP contribution is 2.37. The second-order valence-corrected chi connectivity index (χ2v) is 11.7. The first-order valence-corrected chi connectivity index (χ1v) is 13.7. The summed E-state index contributed by atoms with van der Waals surface area (Å²) >= 11 is 1.66. The molecule has 0 spiro atoms. The first kappa shape index (κ1) is 22.1. The number of hydrogen-bond donors (Lipinski definition) is 1. The van der Waals surface area contributed by atoms with Crippen LogP contribution in [0.25, 0.3) is 10.2 Å². The molecular formula is C23H26N4O4S2. The van der Waals surface area contributed by atoms with E-state index in [1.54, 1.807) is 29.5 Å². The average Bonchev–Trinajstić information content (AvgIpc) is 3.18. The van der Waals surface area contributed by atoms with Crippen molar-refractivity contribution in [2.24, 2.45) is 0 Å². The van der Waals surface area contributed by atoms with Crippen molar-refractivity contribution in [2.45, 2.75) is 58.1 Å². The molecular weight excluding hydrogens is 460 g/mol. The highest BCUT2D eigenvalue weighted by molar-refractivity contribution is 7.92. The van der Waals surface area contributed by atoms with Crippen LogP contribution in [0.1, 0.15) is 58.4 Å². The smallest absolute Gasteiger partial charge is 0.338 e. The van der Waals surface area contributed by atoms with E-state index in [0.29, 0.717) is 29.3 Å². The molecule has 8 nitrogen and oxygen atoms in total. The molecule has 1 aliphatic carbocycles. The molecule has 1 unspecified atom stereocenters. The summed E-state index contributed by atoms with van der Waals surface area (Å²) in [5, 5.41) is 0.954. The van der Waals surface area contributed by atoms with E-state index in [1.165, 1.54) is 33.8 Å². The molecule has 33 heavy (non-hydrogen) atoms. The van der Waals surface area contributed by atoms with Crippen LogP contribution < -0.4 is 10.0 Å². The standard InChI is InChI=1S/C23H26N4O4S2/c1-13-10-15-11-14(8-9-17(15)27(13)33(2,29)30)23(28)31-12-19-25-21(24)20-16-6-4-3-5-7-18(16)32-22(20)26-19/h8-9,11,13H,3-7,10,12H2,1-2H3,(H2,24,25,26). The molecule has 10 heteroatoms. The van der Waals surface area contributed by atoms with Crippen LogP contribution in [-0.4, -0.2) is 36.7 Å². The van der Waals surface area contributed by atoms with Gasteiger partial charge in [-0.2, -0.15) is 0 Å². The summed E-state index contributed by atoms with van der Waals surface area (Å²) in [6.07, 6.45) is 7.35. The van der Waals surface area contributed by atoms with Gasteiger partial charge in [0.05, 0.1) is 22.9 Å². The SMILES string of the molecule is CC1Cc2cc(C(=O)OCc3nc(N)c4c5c(sc4n3)CCCCC5)ccc2N1S(C)(=O)=O. The number of carbonyl (C=O) groups excluding carboxylic acids is 1. The maximum absolute atomic E-state index is 12.7. The molecule has 3 heterocycles. The zero-order chi connectivity index (χ0) is 23.3. The molecule has 1 aliphatic heterocycles. The fourth-order valence-electron chi connectivity index (χ4n) is 4.92. The van der Waals surface area contributed by atoms with Gasteiger partial charge in [-0.15, -0.1) is 11.3 Å². The lowest BCUT2D eigenvalue weighted by Gasteiger charge is -2.21. The van der Waals surface area contributed by atoms with Crippen molar-refractivity contribution in [2.75, 3.05) is 16.3 Å². The number of aryl methyl sites for hydroxylation is 2. The van der Waals surface area contributed by atoms with Crippen LogP contribution in [0.3, 0.4) is 0 Å². The molecule has 0 fully saturated rings. The van der Waals surface area contributed by atoms with E-state index in [9.17, 15) is 13.2 Å². The lowest BCUT2D eigenvalue weighted by molar-refractivity contribution is 0.0462. The van der Waals surface area contributed by atoms with E-state index in [4.69, 9.17) is 10.5 Å². The monoisotopic (exact) mass is 486 g/mol. The van der Waals surface area contributed by atoms with E-state index >= 15 is 0 Å². The van der Waals surface area contributed by atoms with Crippen LogP contribution in [0.5, 0.6) is 0 Å². The summed E-state index contributed by atoms with van der Waals surface area (Å²) in [7, 11) is -3.38.